The van der Waals surface area contributed by atoms with Crippen molar-refractivity contribution in [3.05, 3.63) is 30.1 Å². The molecule has 0 atom stereocenters. The molecule has 0 saturated carbocycles. The van der Waals surface area contributed by atoms with Crippen LogP contribution in [0.15, 0.2) is 24.4 Å². The van der Waals surface area contributed by atoms with Crippen molar-refractivity contribution in [2.24, 2.45) is 0 Å². The molecule has 3 aromatic rings. The number of aromatic nitrogens is 4. The predicted octanol–water partition coefficient (Wildman–Crippen LogP) is 3.29. The Morgan fingerprint density at radius 3 is 2.33 bits per heavy atom. The Kier molecular flexibility index (Phi) is 5.04. The molecule has 2 aromatic heterocycles. The van der Waals surface area contributed by atoms with Crippen LogP contribution in [-0.2, 0) is 6.18 Å². The number of alkyl halides is 3. The second-order valence-electron chi connectivity index (χ2n) is 7.03. The number of rotatable bonds is 4. The topological polar surface area (TPSA) is 91.3 Å². The zero-order valence-electron chi connectivity index (χ0n) is 16.5. The minimum atomic E-state index is -4.44. The number of hydrogen-bond donors (Lipinski definition) is 1. The third kappa shape index (κ3) is 3.66. The SMILES string of the molecule is COc1cc2nc(N3CCC(n4ccc(C(F)(F)F)n4)CC3)nc(N)c2cc1OC. The molecule has 3 heterocycles. The number of halogens is 3. The molecule has 1 aliphatic rings. The largest absolute Gasteiger partial charge is 0.493 e. The van der Waals surface area contributed by atoms with Gasteiger partial charge in [0.2, 0.25) is 5.95 Å². The van der Waals surface area contributed by atoms with Gasteiger partial charge in [-0.05, 0) is 25.0 Å². The van der Waals surface area contributed by atoms with E-state index in [4.69, 9.17) is 15.2 Å². The van der Waals surface area contributed by atoms with Gasteiger partial charge in [-0.3, -0.25) is 4.68 Å². The van der Waals surface area contributed by atoms with Crippen LogP contribution in [0.5, 0.6) is 11.5 Å². The fourth-order valence-electron chi connectivity index (χ4n) is 3.63. The number of hydrogen-bond acceptors (Lipinski definition) is 7. The van der Waals surface area contributed by atoms with Crippen molar-refractivity contribution in [2.75, 3.05) is 37.9 Å². The normalized spacial score (nSPS) is 15.6. The number of nitrogen functional groups attached to an aromatic ring is 1. The number of ether oxygens (including phenoxy) is 2. The summed E-state index contributed by atoms with van der Waals surface area (Å²) in [6.07, 6.45) is -1.82. The second-order valence-corrected chi connectivity index (χ2v) is 7.03. The predicted molar refractivity (Wildman–Crippen MR) is 105 cm³/mol. The van der Waals surface area contributed by atoms with Gasteiger partial charge in [0.1, 0.15) is 5.82 Å². The first-order chi connectivity index (χ1) is 14.3. The smallest absolute Gasteiger partial charge is 0.435 e. The quantitative estimate of drug-likeness (QED) is 0.690. The third-order valence-electron chi connectivity index (χ3n) is 5.24. The van der Waals surface area contributed by atoms with Crippen molar-refractivity contribution >= 4 is 22.7 Å². The number of piperidine rings is 1. The molecule has 11 heteroatoms. The average Bonchev–Trinajstić information content (AvgIpc) is 3.24. The summed E-state index contributed by atoms with van der Waals surface area (Å²) in [6, 6.07) is 4.36. The van der Waals surface area contributed by atoms with Gasteiger partial charge in [-0.1, -0.05) is 0 Å². The summed E-state index contributed by atoms with van der Waals surface area (Å²) in [5.74, 6) is 1.86. The Morgan fingerprint density at radius 1 is 1.07 bits per heavy atom. The van der Waals surface area contributed by atoms with Crippen LogP contribution >= 0.6 is 0 Å². The molecule has 0 bridgehead atoms. The molecule has 0 spiro atoms. The van der Waals surface area contributed by atoms with E-state index in [1.54, 1.807) is 19.2 Å². The summed E-state index contributed by atoms with van der Waals surface area (Å²) < 4.78 is 50.4. The molecule has 30 heavy (non-hydrogen) atoms. The molecular weight excluding hydrogens is 401 g/mol. The lowest BCUT2D eigenvalue weighted by atomic mass is 10.1. The van der Waals surface area contributed by atoms with Gasteiger partial charge >= 0.3 is 6.18 Å². The van der Waals surface area contributed by atoms with Crippen LogP contribution < -0.4 is 20.1 Å². The molecule has 1 saturated heterocycles. The van der Waals surface area contributed by atoms with E-state index in [9.17, 15) is 13.2 Å². The maximum absolute atomic E-state index is 12.8. The van der Waals surface area contributed by atoms with Crippen LogP contribution in [-0.4, -0.2) is 47.1 Å². The summed E-state index contributed by atoms with van der Waals surface area (Å²) in [7, 11) is 3.08. The molecule has 1 aromatic carbocycles. The van der Waals surface area contributed by atoms with Crippen molar-refractivity contribution in [1.82, 2.24) is 19.7 Å². The van der Waals surface area contributed by atoms with Gasteiger partial charge < -0.3 is 20.1 Å². The van der Waals surface area contributed by atoms with E-state index in [0.717, 1.165) is 6.07 Å². The zero-order valence-corrected chi connectivity index (χ0v) is 16.5. The lowest BCUT2D eigenvalue weighted by molar-refractivity contribution is -0.141. The fraction of sp³-hybridized carbons (Fsp3) is 0.421. The van der Waals surface area contributed by atoms with Crippen LogP contribution in [0.1, 0.15) is 24.6 Å². The Hall–Kier alpha value is -3.24. The first-order valence-electron chi connectivity index (χ1n) is 9.36. The Labute approximate surface area is 170 Å². The van der Waals surface area contributed by atoms with E-state index < -0.39 is 11.9 Å². The number of benzene rings is 1. The molecule has 4 rings (SSSR count). The molecule has 0 aliphatic carbocycles. The molecule has 1 fully saturated rings. The molecule has 1 aliphatic heterocycles. The number of nitrogens with zero attached hydrogens (tertiary/aromatic N) is 5. The van der Waals surface area contributed by atoms with Gasteiger partial charge in [-0.25, -0.2) is 4.98 Å². The summed E-state index contributed by atoms with van der Waals surface area (Å²) in [4.78, 5) is 11.0. The van der Waals surface area contributed by atoms with Gasteiger partial charge in [0, 0.05) is 30.7 Å². The van der Waals surface area contributed by atoms with Crippen LogP contribution in [0.25, 0.3) is 10.9 Å². The maximum Gasteiger partial charge on any atom is 0.435 e. The minimum absolute atomic E-state index is 0.112. The van der Waals surface area contributed by atoms with E-state index in [1.807, 2.05) is 4.90 Å². The summed E-state index contributed by atoms with van der Waals surface area (Å²) in [5, 5.41) is 4.34. The van der Waals surface area contributed by atoms with Crippen LogP contribution in [0.3, 0.4) is 0 Å². The van der Waals surface area contributed by atoms with E-state index in [0.29, 0.717) is 60.1 Å². The highest BCUT2D eigenvalue weighted by molar-refractivity contribution is 5.91. The fourth-order valence-corrected chi connectivity index (χ4v) is 3.63. The molecule has 0 radical (unpaired) electrons. The Bertz CT molecular complexity index is 1060. The number of anilines is 2. The lowest BCUT2D eigenvalue weighted by Gasteiger charge is -2.32. The molecule has 0 amide bonds. The van der Waals surface area contributed by atoms with E-state index in [2.05, 4.69) is 15.1 Å². The van der Waals surface area contributed by atoms with Crippen molar-refractivity contribution in [1.29, 1.82) is 0 Å². The van der Waals surface area contributed by atoms with E-state index >= 15 is 0 Å². The number of nitrogens with two attached hydrogens (primary N) is 1. The maximum atomic E-state index is 12.8. The first-order valence-corrected chi connectivity index (χ1v) is 9.36. The molecule has 160 valence electrons. The van der Waals surface area contributed by atoms with Crippen LogP contribution in [0.2, 0.25) is 0 Å². The van der Waals surface area contributed by atoms with Gasteiger partial charge in [-0.2, -0.15) is 23.3 Å². The van der Waals surface area contributed by atoms with Crippen LogP contribution in [0, 0.1) is 0 Å². The minimum Gasteiger partial charge on any atom is -0.493 e. The van der Waals surface area contributed by atoms with Gasteiger partial charge in [0.15, 0.2) is 17.2 Å². The first kappa shape index (κ1) is 20.0. The monoisotopic (exact) mass is 422 g/mol. The molecular formula is C19H21F3N6O2. The highest BCUT2D eigenvalue weighted by atomic mass is 19.4. The zero-order chi connectivity index (χ0) is 21.5. The van der Waals surface area contributed by atoms with Crippen molar-refractivity contribution in [3.8, 4) is 11.5 Å². The number of methoxy groups -OCH3 is 2. The van der Waals surface area contributed by atoms with Crippen LogP contribution in [0.4, 0.5) is 24.9 Å². The summed E-state index contributed by atoms with van der Waals surface area (Å²) in [6.45, 7) is 1.15. The summed E-state index contributed by atoms with van der Waals surface area (Å²) in [5.41, 5.74) is 5.90. The van der Waals surface area contributed by atoms with Gasteiger partial charge in [-0.15, -0.1) is 0 Å². The Morgan fingerprint density at radius 2 is 1.73 bits per heavy atom. The second kappa shape index (κ2) is 7.54. The van der Waals surface area contributed by atoms with Gasteiger partial charge in [0.05, 0.1) is 25.8 Å². The molecule has 2 N–H and O–H groups in total. The summed E-state index contributed by atoms with van der Waals surface area (Å²) >= 11 is 0. The Balaban J connectivity index is 1.53. The highest BCUT2D eigenvalue weighted by Crippen LogP contribution is 2.35. The van der Waals surface area contributed by atoms with E-state index in [1.165, 1.54) is 18.0 Å². The highest BCUT2D eigenvalue weighted by Gasteiger charge is 2.34. The van der Waals surface area contributed by atoms with Gasteiger partial charge in [0.25, 0.3) is 0 Å². The number of fused-ring (bicyclic) bond motifs is 1. The third-order valence-corrected chi connectivity index (χ3v) is 5.24. The van der Waals surface area contributed by atoms with Crippen molar-refractivity contribution in [2.45, 2.75) is 25.1 Å². The van der Waals surface area contributed by atoms with E-state index in [-0.39, 0.29) is 6.04 Å². The standard InChI is InChI=1S/C19H21F3N6O2/c1-29-14-9-12-13(10-15(14)30-2)24-18(25-17(12)23)27-6-3-11(4-7-27)28-8-5-16(26-28)19(20,21)22/h5,8-11H,3-4,6-7H2,1-2H3,(H2,23,24,25). The average molecular weight is 422 g/mol. The van der Waals surface area contributed by atoms with Crippen molar-refractivity contribution < 1.29 is 22.6 Å². The van der Waals surface area contributed by atoms with Crippen molar-refractivity contribution in [3.63, 3.8) is 0 Å². The molecule has 8 nitrogen and oxygen atoms in total. The lowest BCUT2D eigenvalue weighted by Crippen LogP contribution is -2.36. The molecule has 0 unspecified atom stereocenters.